The molecule has 5 nitrogen and oxygen atoms in total. The molecule has 1 N–H and O–H groups in total. The summed E-state index contributed by atoms with van der Waals surface area (Å²) in [4.78, 5) is 10.9. The van der Waals surface area contributed by atoms with Crippen LogP contribution in [-0.4, -0.2) is 24.8 Å². The van der Waals surface area contributed by atoms with Crippen LogP contribution in [0, 0.1) is 0 Å². The zero-order chi connectivity index (χ0) is 14.3. The van der Waals surface area contributed by atoms with Gasteiger partial charge in [0.2, 0.25) is 5.91 Å². The van der Waals surface area contributed by atoms with Crippen molar-refractivity contribution in [2.24, 2.45) is 5.10 Å². The van der Waals surface area contributed by atoms with Crippen molar-refractivity contribution < 1.29 is 14.3 Å². The van der Waals surface area contributed by atoms with Crippen LogP contribution in [0.2, 0.25) is 0 Å². The molecule has 0 aromatic heterocycles. The van der Waals surface area contributed by atoms with Crippen LogP contribution in [-0.2, 0) is 4.79 Å². The Labute approximate surface area is 113 Å². The van der Waals surface area contributed by atoms with Crippen molar-refractivity contribution in [1.82, 2.24) is 5.43 Å². The van der Waals surface area contributed by atoms with Crippen LogP contribution in [0.15, 0.2) is 23.3 Å². The Kier molecular flexibility index (Phi) is 5.85. The fourth-order valence-corrected chi connectivity index (χ4v) is 1.55. The summed E-state index contributed by atoms with van der Waals surface area (Å²) in [6.07, 6.45) is 0. The molecule has 1 rings (SSSR count). The number of nitrogens with one attached hydrogen (secondary N) is 1. The van der Waals surface area contributed by atoms with E-state index in [0.29, 0.717) is 18.9 Å². The van der Waals surface area contributed by atoms with E-state index >= 15 is 0 Å². The molecule has 5 heteroatoms. The molecule has 104 valence electrons. The van der Waals surface area contributed by atoms with Crippen LogP contribution in [0.4, 0.5) is 0 Å². The Morgan fingerprint density at radius 2 is 1.89 bits per heavy atom. The number of hydrogen-bond donors (Lipinski definition) is 1. The van der Waals surface area contributed by atoms with E-state index in [2.05, 4.69) is 10.5 Å². The number of hydrogen-bond acceptors (Lipinski definition) is 4. The molecule has 0 radical (unpaired) electrons. The summed E-state index contributed by atoms with van der Waals surface area (Å²) in [5.41, 5.74) is 3.89. The van der Waals surface area contributed by atoms with Crippen LogP contribution in [0.5, 0.6) is 11.5 Å². The van der Waals surface area contributed by atoms with Crippen LogP contribution in [0.3, 0.4) is 0 Å². The van der Waals surface area contributed by atoms with Gasteiger partial charge in [0, 0.05) is 12.5 Å². The van der Waals surface area contributed by atoms with Gasteiger partial charge in [-0.05, 0) is 39.0 Å². The maximum atomic E-state index is 10.9. The predicted molar refractivity (Wildman–Crippen MR) is 74.8 cm³/mol. The second-order valence-corrected chi connectivity index (χ2v) is 3.89. The summed E-state index contributed by atoms with van der Waals surface area (Å²) in [6, 6.07) is 5.55. The third-order valence-electron chi connectivity index (χ3n) is 2.33. The van der Waals surface area contributed by atoms with E-state index < -0.39 is 0 Å². The van der Waals surface area contributed by atoms with Crippen molar-refractivity contribution in [3.8, 4) is 11.5 Å². The van der Waals surface area contributed by atoms with E-state index in [1.54, 1.807) is 0 Å². The Balaban J connectivity index is 3.08. The Bertz CT molecular complexity index is 470. The quantitative estimate of drug-likeness (QED) is 0.633. The molecular formula is C14H20N2O3. The molecule has 0 bridgehead atoms. The smallest absolute Gasteiger partial charge is 0.236 e. The number of benzene rings is 1. The minimum absolute atomic E-state index is 0.210. The Morgan fingerprint density at radius 3 is 2.47 bits per heavy atom. The van der Waals surface area contributed by atoms with Crippen molar-refractivity contribution >= 4 is 11.6 Å². The number of rotatable bonds is 6. The average molecular weight is 264 g/mol. The first-order valence-electron chi connectivity index (χ1n) is 6.29. The normalized spacial score (nSPS) is 11.1. The maximum absolute atomic E-state index is 10.9. The molecule has 0 aliphatic rings. The molecule has 1 aromatic carbocycles. The third-order valence-corrected chi connectivity index (χ3v) is 2.33. The van der Waals surface area contributed by atoms with Gasteiger partial charge in [0.15, 0.2) is 0 Å². The SMILES string of the molecule is CCOc1ccc(OCC)c(/C(C)=N\NC(C)=O)c1. The lowest BCUT2D eigenvalue weighted by atomic mass is 10.1. The average Bonchev–Trinajstić information content (AvgIpc) is 2.38. The fourth-order valence-electron chi connectivity index (χ4n) is 1.55. The van der Waals surface area contributed by atoms with Crippen LogP contribution in [0.25, 0.3) is 0 Å². The van der Waals surface area contributed by atoms with E-state index in [0.717, 1.165) is 17.1 Å². The van der Waals surface area contributed by atoms with Gasteiger partial charge >= 0.3 is 0 Å². The molecule has 0 unspecified atom stereocenters. The van der Waals surface area contributed by atoms with Gasteiger partial charge in [-0.3, -0.25) is 4.79 Å². The molecule has 1 amide bonds. The summed E-state index contributed by atoms with van der Waals surface area (Å²) in [5, 5.41) is 4.02. The Hall–Kier alpha value is -2.04. The molecule has 0 aliphatic carbocycles. The van der Waals surface area contributed by atoms with Gasteiger partial charge in [0.1, 0.15) is 11.5 Å². The van der Waals surface area contributed by atoms with Crippen molar-refractivity contribution in [2.75, 3.05) is 13.2 Å². The molecule has 0 saturated carbocycles. The standard InChI is InChI=1S/C14H20N2O3/c1-5-18-12-7-8-14(19-6-2)13(9-12)10(3)15-16-11(4)17/h7-9H,5-6H2,1-4H3,(H,16,17)/b15-10-. The van der Waals surface area contributed by atoms with Crippen molar-refractivity contribution in [3.63, 3.8) is 0 Å². The molecular weight excluding hydrogens is 244 g/mol. The van der Waals surface area contributed by atoms with E-state index in [-0.39, 0.29) is 5.91 Å². The van der Waals surface area contributed by atoms with Crippen LogP contribution in [0.1, 0.15) is 33.3 Å². The largest absolute Gasteiger partial charge is 0.494 e. The minimum atomic E-state index is -0.210. The lowest BCUT2D eigenvalue weighted by molar-refractivity contribution is -0.118. The van der Waals surface area contributed by atoms with Crippen LogP contribution < -0.4 is 14.9 Å². The maximum Gasteiger partial charge on any atom is 0.236 e. The highest BCUT2D eigenvalue weighted by atomic mass is 16.5. The van der Waals surface area contributed by atoms with Crippen molar-refractivity contribution in [2.45, 2.75) is 27.7 Å². The highest BCUT2D eigenvalue weighted by molar-refractivity contribution is 6.01. The lowest BCUT2D eigenvalue weighted by Gasteiger charge is -2.12. The summed E-state index contributed by atoms with van der Waals surface area (Å²) in [7, 11) is 0. The van der Waals surface area contributed by atoms with Gasteiger partial charge < -0.3 is 9.47 Å². The van der Waals surface area contributed by atoms with E-state index in [4.69, 9.17) is 9.47 Å². The minimum Gasteiger partial charge on any atom is -0.494 e. The second-order valence-electron chi connectivity index (χ2n) is 3.89. The van der Waals surface area contributed by atoms with E-state index in [9.17, 15) is 4.79 Å². The number of carbonyl (C=O) groups excluding carboxylic acids is 1. The molecule has 1 aromatic rings. The van der Waals surface area contributed by atoms with E-state index in [1.165, 1.54) is 6.92 Å². The highest BCUT2D eigenvalue weighted by Crippen LogP contribution is 2.25. The lowest BCUT2D eigenvalue weighted by Crippen LogP contribution is -2.15. The van der Waals surface area contributed by atoms with Gasteiger partial charge in [-0.2, -0.15) is 5.10 Å². The van der Waals surface area contributed by atoms with Gasteiger partial charge in [-0.1, -0.05) is 0 Å². The number of carbonyl (C=O) groups is 1. The second kappa shape index (κ2) is 7.41. The zero-order valence-corrected chi connectivity index (χ0v) is 11.8. The fraction of sp³-hybridized carbons (Fsp3) is 0.429. The summed E-state index contributed by atoms with van der Waals surface area (Å²) >= 11 is 0. The number of ether oxygens (including phenoxy) is 2. The first-order chi connectivity index (χ1) is 9.08. The monoisotopic (exact) mass is 264 g/mol. The van der Waals surface area contributed by atoms with Crippen LogP contribution >= 0.6 is 0 Å². The summed E-state index contributed by atoms with van der Waals surface area (Å²) in [5.74, 6) is 1.26. The van der Waals surface area contributed by atoms with Gasteiger partial charge in [-0.15, -0.1) is 0 Å². The molecule has 0 atom stereocenters. The zero-order valence-electron chi connectivity index (χ0n) is 11.8. The van der Waals surface area contributed by atoms with Gasteiger partial charge in [0.25, 0.3) is 0 Å². The molecule has 19 heavy (non-hydrogen) atoms. The summed E-state index contributed by atoms with van der Waals surface area (Å²) in [6.45, 7) is 8.22. The number of nitrogens with zero attached hydrogens (tertiary/aromatic N) is 1. The van der Waals surface area contributed by atoms with Crippen molar-refractivity contribution in [1.29, 1.82) is 0 Å². The van der Waals surface area contributed by atoms with E-state index in [1.807, 2.05) is 39.0 Å². The third kappa shape index (κ3) is 4.62. The predicted octanol–water partition coefficient (Wildman–Crippen LogP) is 2.34. The summed E-state index contributed by atoms with van der Waals surface area (Å²) < 4.78 is 11.0. The molecule has 0 aliphatic heterocycles. The van der Waals surface area contributed by atoms with Gasteiger partial charge in [0.05, 0.1) is 18.9 Å². The molecule has 0 heterocycles. The topological polar surface area (TPSA) is 59.9 Å². The molecule has 0 saturated heterocycles. The van der Waals surface area contributed by atoms with Crippen molar-refractivity contribution in [3.05, 3.63) is 23.8 Å². The Morgan fingerprint density at radius 1 is 1.21 bits per heavy atom. The first-order valence-corrected chi connectivity index (χ1v) is 6.29. The number of hydrazone groups is 1. The van der Waals surface area contributed by atoms with Gasteiger partial charge in [-0.25, -0.2) is 5.43 Å². The molecule has 0 spiro atoms. The number of amides is 1. The first kappa shape index (κ1) is 15.0. The molecule has 0 fully saturated rings. The highest BCUT2D eigenvalue weighted by Gasteiger charge is 2.09.